The zero-order valence-electron chi connectivity index (χ0n) is 25.3. The van der Waals surface area contributed by atoms with Gasteiger partial charge in [-0.25, -0.2) is 15.0 Å². The first-order chi connectivity index (χ1) is 23.3. The van der Waals surface area contributed by atoms with Crippen molar-refractivity contribution in [1.82, 2.24) is 15.0 Å². The molecule has 4 heteroatoms. The zero-order chi connectivity index (χ0) is 31.2. The molecule has 0 saturated heterocycles. The molecular formula is C43H27N3S. The molecule has 0 fully saturated rings. The second kappa shape index (κ2) is 11.4. The lowest BCUT2D eigenvalue weighted by Crippen LogP contribution is -1.96. The van der Waals surface area contributed by atoms with Crippen LogP contribution in [0.2, 0.25) is 0 Å². The molecule has 9 aromatic rings. The van der Waals surface area contributed by atoms with Gasteiger partial charge in [0.05, 0.1) is 22.6 Å². The summed E-state index contributed by atoms with van der Waals surface area (Å²) in [5.74, 6) is 0.691. The van der Waals surface area contributed by atoms with Crippen LogP contribution in [-0.2, 0) is 0 Å². The van der Waals surface area contributed by atoms with Crippen molar-refractivity contribution in [2.45, 2.75) is 0 Å². The van der Waals surface area contributed by atoms with E-state index in [4.69, 9.17) is 15.0 Å². The van der Waals surface area contributed by atoms with Gasteiger partial charge in [-0.05, 0) is 41.5 Å². The molecule has 0 saturated carbocycles. The Morgan fingerprint density at radius 1 is 0.383 bits per heavy atom. The van der Waals surface area contributed by atoms with Gasteiger partial charge in [-0.2, -0.15) is 0 Å². The largest absolute Gasteiger partial charge is 0.247 e. The van der Waals surface area contributed by atoms with Crippen molar-refractivity contribution >= 4 is 42.4 Å². The van der Waals surface area contributed by atoms with E-state index in [9.17, 15) is 0 Å². The first-order valence-corrected chi connectivity index (χ1v) is 16.5. The molecule has 220 valence electrons. The monoisotopic (exact) mass is 617 g/mol. The Morgan fingerprint density at radius 2 is 0.915 bits per heavy atom. The lowest BCUT2D eigenvalue weighted by molar-refractivity contribution is 1.18. The summed E-state index contributed by atoms with van der Waals surface area (Å²) < 4.78 is 2.48. The first kappa shape index (κ1) is 27.3. The molecule has 47 heavy (non-hydrogen) atoms. The molecule has 6 aromatic carbocycles. The predicted octanol–water partition coefficient (Wildman–Crippen LogP) is 11.7. The van der Waals surface area contributed by atoms with Crippen molar-refractivity contribution in [1.29, 1.82) is 0 Å². The lowest BCUT2D eigenvalue weighted by Gasteiger charge is -2.12. The second-order valence-electron chi connectivity index (χ2n) is 11.6. The molecule has 0 aliphatic heterocycles. The van der Waals surface area contributed by atoms with Gasteiger partial charge in [0.1, 0.15) is 0 Å². The highest BCUT2D eigenvalue weighted by Gasteiger charge is 2.18. The Bertz CT molecular complexity index is 2540. The van der Waals surface area contributed by atoms with E-state index < -0.39 is 0 Å². The number of thiophene rings is 1. The fourth-order valence-corrected chi connectivity index (χ4v) is 7.58. The fourth-order valence-electron chi connectivity index (χ4n) is 6.35. The number of fused-ring (bicyclic) bond motifs is 5. The number of rotatable bonds is 5. The summed E-state index contributed by atoms with van der Waals surface area (Å²) in [6, 6.07) is 57.1. The highest BCUT2D eigenvalue weighted by Crippen LogP contribution is 2.43. The fraction of sp³-hybridized carbons (Fsp3) is 0. The summed E-state index contributed by atoms with van der Waals surface area (Å²) in [6.07, 6.45) is 0. The third-order valence-corrected chi connectivity index (χ3v) is 9.90. The maximum atomic E-state index is 5.26. The molecule has 0 unspecified atom stereocenters. The Labute approximate surface area is 276 Å². The quantitative estimate of drug-likeness (QED) is 0.193. The van der Waals surface area contributed by atoms with Crippen molar-refractivity contribution in [2.75, 3.05) is 0 Å². The van der Waals surface area contributed by atoms with Crippen LogP contribution in [0.15, 0.2) is 164 Å². The Hall–Kier alpha value is -5.97. The lowest BCUT2D eigenvalue weighted by atomic mass is 10.0. The first-order valence-electron chi connectivity index (χ1n) is 15.7. The summed E-state index contributed by atoms with van der Waals surface area (Å²) in [5, 5.41) is 3.54. The van der Waals surface area contributed by atoms with Crippen molar-refractivity contribution in [3.8, 4) is 56.3 Å². The van der Waals surface area contributed by atoms with Crippen LogP contribution in [0, 0.1) is 0 Å². The van der Waals surface area contributed by atoms with Gasteiger partial charge in [0.25, 0.3) is 0 Å². The molecular weight excluding hydrogens is 591 g/mol. The van der Waals surface area contributed by atoms with E-state index >= 15 is 0 Å². The van der Waals surface area contributed by atoms with E-state index in [1.165, 1.54) is 31.3 Å². The van der Waals surface area contributed by atoms with Crippen LogP contribution in [0.25, 0.3) is 87.4 Å². The molecule has 0 spiro atoms. The maximum absolute atomic E-state index is 5.26. The van der Waals surface area contributed by atoms with Crippen LogP contribution in [0.4, 0.5) is 0 Å². The van der Waals surface area contributed by atoms with Crippen LogP contribution in [0.3, 0.4) is 0 Å². The highest BCUT2D eigenvalue weighted by atomic mass is 32.1. The van der Waals surface area contributed by atoms with Gasteiger partial charge in [-0.3, -0.25) is 0 Å². The smallest absolute Gasteiger partial charge is 0.160 e. The molecule has 0 amide bonds. The molecule has 0 bridgehead atoms. The highest BCUT2D eigenvalue weighted by molar-refractivity contribution is 7.26. The van der Waals surface area contributed by atoms with Crippen LogP contribution < -0.4 is 0 Å². The minimum absolute atomic E-state index is 0.691. The summed E-state index contributed by atoms with van der Waals surface area (Å²) in [5.41, 5.74) is 10.3. The van der Waals surface area contributed by atoms with Gasteiger partial charge >= 0.3 is 0 Å². The molecule has 0 aliphatic rings. The van der Waals surface area contributed by atoms with Gasteiger partial charge in [0.15, 0.2) is 5.82 Å². The molecule has 0 N–H and O–H groups in total. The molecule has 3 heterocycles. The Morgan fingerprint density at radius 3 is 1.62 bits per heavy atom. The number of benzene rings is 6. The predicted molar refractivity (Wildman–Crippen MR) is 197 cm³/mol. The molecule has 0 radical (unpaired) electrons. The van der Waals surface area contributed by atoms with E-state index in [2.05, 4.69) is 152 Å². The van der Waals surface area contributed by atoms with Crippen molar-refractivity contribution in [2.24, 2.45) is 0 Å². The Balaban J connectivity index is 1.23. The third-order valence-electron chi connectivity index (χ3n) is 8.69. The standard InChI is InChI=1S/C43H27N3S/c1-4-12-28(13-5-1)29-20-22-31(23-21-29)38-27-37(30-14-6-2-7-15-30)45-43(46-38)33-24-25-36-35(26-33)42-40(34-18-10-11-19-39(34)47-42)41(44-36)32-16-8-3-9-17-32/h1-27H. The average molecular weight is 618 g/mol. The van der Waals surface area contributed by atoms with E-state index in [0.29, 0.717) is 5.82 Å². The van der Waals surface area contributed by atoms with Gasteiger partial charge in [0.2, 0.25) is 0 Å². The van der Waals surface area contributed by atoms with Gasteiger partial charge < -0.3 is 0 Å². The van der Waals surface area contributed by atoms with Crippen molar-refractivity contribution in [3.05, 3.63) is 164 Å². The number of hydrogen-bond acceptors (Lipinski definition) is 4. The molecule has 3 aromatic heterocycles. The normalized spacial score (nSPS) is 11.4. The van der Waals surface area contributed by atoms with Crippen LogP contribution >= 0.6 is 11.3 Å². The van der Waals surface area contributed by atoms with Crippen LogP contribution in [-0.4, -0.2) is 15.0 Å². The van der Waals surface area contributed by atoms with Crippen LogP contribution in [0.5, 0.6) is 0 Å². The molecule has 0 atom stereocenters. The average Bonchev–Trinajstić information content (AvgIpc) is 3.55. The Kier molecular flexibility index (Phi) is 6.65. The number of pyridine rings is 1. The molecule has 3 nitrogen and oxygen atoms in total. The maximum Gasteiger partial charge on any atom is 0.160 e. The number of hydrogen-bond donors (Lipinski definition) is 0. The summed E-state index contributed by atoms with van der Waals surface area (Å²) in [6.45, 7) is 0. The van der Waals surface area contributed by atoms with Crippen molar-refractivity contribution < 1.29 is 0 Å². The summed E-state index contributed by atoms with van der Waals surface area (Å²) >= 11 is 1.82. The second-order valence-corrected chi connectivity index (χ2v) is 12.7. The topological polar surface area (TPSA) is 38.7 Å². The van der Waals surface area contributed by atoms with E-state index in [1.807, 2.05) is 23.5 Å². The SMILES string of the molecule is c1ccc(-c2ccc(-c3cc(-c4ccccc4)nc(-c4ccc5nc(-c6ccccc6)c6c7ccccc7sc6c5c4)n3)cc2)cc1. The van der Waals surface area contributed by atoms with E-state index in [1.54, 1.807) is 0 Å². The number of aromatic nitrogens is 3. The minimum atomic E-state index is 0.691. The number of nitrogens with zero attached hydrogens (tertiary/aromatic N) is 3. The molecule has 9 rings (SSSR count). The minimum Gasteiger partial charge on any atom is -0.247 e. The van der Waals surface area contributed by atoms with Gasteiger partial charge in [-0.1, -0.05) is 133 Å². The van der Waals surface area contributed by atoms with Crippen LogP contribution in [0.1, 0.15) is 0 Å². The molecule has 0 aliphatic carbocycles. The summed E-state index contributed by atoms with van der Waals surface area (Å²) in [7, 11) is 0. The van der Waals surface area contributed by atoms with Gasteiger partial charge in [0, 0.05) is 47.8 Å². The third kappa shape index (κ3) is 4.96. The summed E-state index contributed by atoms with van der Waals surface area (Å²) in [4.78, 5) is 15.6. The van der Waals surface area contributed by atoms with Gasteiger partial charge in [-0.15, -0.1) is 11.3 Å². The zero-order valence-corrected chi connectivity index (χ0v) is 26.2. The van der Waals surface area contributed by atoms with E-state index in [-0.39, 0.29) is 0 Å². The van der Waals surface area contributed by atoms with E-state index in [0.717, 1.165) is 50.2 Å². The van der Waals surface area contributed by atoms with Crippen molar-refractivity contribution in [3.63, 3.8) is 0 Å².